The highest BCUT2D eigenvalue weighted by molar-refractivity contribution is 7.10. The fourth-order valence-electron chi connectivity index (χ4n) is 1.92. The molecule has 2 heterocycles. The van der Waals surface area contributed by atoms with Gasteiger partial charge in [-0.15, -0.1) is 22.9 Å². The third-order valence-corrected chi connectivity index (χ3v) is 4.57. The number of carbonyl (C=O) groups is 1. The highest BCUT2D eigenvalue weighted by Gasteiger charge is 2.27. The molecule has 1 aromatic heterocycles. The van der Waals surface area contributed by atoms with Gasteiger partial charge < -0.3 is 4.90 Å². The summed E-state index contributed by atoms with van der Waals surface area (Å²) in [7, 11) is 0. The average molecular weight is 258 g/mol. The molecule has 88 valence electrons. The van der Waals surface area contributed by atoms with E-state index >= 15 is 0 Å². The summed E-state index contributed by atoms with van der Waals surface area (Å²) in [4.78, 5) is 15.0. The van der Waals surface area contributed by atoms with Crippen molar-refractivity contribution in [1.29, 1.82) is 0 Å². The van der Waals surface area contributed by atoms with Crippen molar-refractivity contribution in [2.45, 2.75) is 25.1 Å². The van der Waals surface area contributed by atoms with Gasteiger partial charge in [0.2, 0.25) is 5.91 Å². The van der Waals surface area contributed by atoms with Gasteiger partial charge in [-0.05, 0) is 23.8 Å². The van der Waals surface area contributed by atoms with Crippen LogP contribution in [-0.2, 0) is 11.2 Å². The number of alkyl halides is 1. The summed E-state index contributed by atoms with van der Waals surface area (Å²) in [6, 6.07) is 3.99. The minimum absolute atomic E-state index is 0.112. The lowest BCUT2D eigenvalue weighted by Gasteiger charge is -2.34. The Morgan fingerprint density at radius 2 is 2.50 bits per heavy atom. The molecule has 1 amide bonds. The number of rotatable bonds is 2. The Balaban J connectivity index is 1.90. The number of carbonyl (C=O) groups excluding carboxylic acids is 1. The van der Waals surface area contributed by atoms with Crippen LogP contribution in [0.5, 0.6) is 0 Å². The Morgan fingerprint density at radius 1 is 1.69 bits per heavy atom. The van der Waals surface area contributed by atoms with Crippen molar-refractivity contribution in [2.24, 2.45) is 5.92 Å². The Bertz CT molecular complexity index is 352. The largest absolute Gasteiger partial charge is 0.341 e. The first kappa shape index (κ1) is 11.9. The van der Waals surface area contributed by atoms with E-state index in [9.17, 15) is 4.79 Å². The summed E-state index contributed by atoms with van der Waals surface area (Å²) in [5, 5.41) is 2.12. The van der Waals surface area contributed by atoms with Crippen LogP contribution < -0.4 is 0 Å². The number of likely N-dealkylation sites (tertiary alicyclic amines) is 1. The summed E-state index contributed by atoms with van der Waals surface area (Å²) < 4.78 is 0. The summed E-state index contributed by atoms with van der Waals surface area (Å²) in [5.41, 5.74) is 0. The van der Waals surface area contributed by atoms with E-state index in [1.807, 2.05) is 22.4 Å². The fourth-order valence-corrected chi connectivity index (χ4v) is 2.91. The molecule has 2 atom stereocenters. The zero-order valence-corrected chi connectivity index (χ0v) is 10.9. The molecule has 2 unspecified atom stereocenters. The molecular weight excluding hydrogens is 242 g/mol. The average Bonchev–Trinajstić information content (AvgIpc) is 2.74. The molecule has 1 saturated heterocycles. The van der Waals surface area contributed by atoms with Gasteiger partial charge >= 0.3 is 0 Å². The maximum absolute atomic E-state index is 12.0. The highest BCUT2D eigenvalue weighted by Crippen LogP contribution is 2.22. The topological polar surface area (TPSA) is 20.3 Å². The predicted octanol–water partition coefficient (Wildman–Crippen LogP) is 2.77. The van der Waals surface area contributed by atoms with Crippen molar-refractivity contribution >= 4 is 28.8 Å². The monoisotopic (exact) mass is 257 g/mol. The summed E-state index contributed by atoms with van der Waals surface area (Å²) >= 11 is 7.83. The van der Waals surface area contributed by atoms with Crippen LogP contribution in [-0.4, -0.2) is 29.3 Å². The molecule has 1 aliphatic heterocycles. The van der Waals surface area contributed by atoms with Gasteiger partial charge in [-0.25, -0.2) is 0 Å². The van der Waals surface area contributed by atoms with Gasteiger partial charge in [0.1, 0.15) is 0 Å². The molecule has 0 aromatic carbocycles. The number of hydrogen-bond donors (Lipinski definition) is 0. The number of amides is 1. The van der Waals surface area contributed by atoms with Crippen LogP contribution >= 0.6 is 22.9 Å². The molecule has 1 fully saturated rings. The third-order valence-electron chi connectivity index (χ3n) is 3.12. The van der Waals surface area contributed by atoms with Gasteiger partial charge in [0, 0.05) is 18.0 Å². The van der Waals surface area contributed by atoms with E-state index in [0.29, 0.717) is 18.9 Å². The second-order valence-corrected chi connectivity index (χ2v) is 5.97. The van der Waals surface area contributed by atoms with Crippen LogP contribution in [0.2, 0.25) is 0 Å². The van der Waals surface area contributed by atoms with Crippen LogP contribution in [0.25, 0.3) is 0 Å². The molecule has 0 bridgehead atoms. The smallest absolute Gasteiger partial charge is 0.227 e. The molecule has 1 aromatic rings. The second kappa shape index (κ2) is 5.19. The first-order valence-electron chi connectivity index (χ1n) is 5.61. The quantitative estimate of drug-likeness (QED) is 0.746. The second-order valence-electron chi connectivity index (χ2n) is 4.38. The van der Waals surface area contributed by atoms with E-state index in [-0.39, 0.29) is 11.3 Å². The maximum Gasteiger partial charge on any atom is 0.227 e. The molecule has 0 radical (unpaired) electrons. The van der Waals surface area contributed by atoms with E-state index < -0.39 is 0 Å². The van der Waals surface area contributed by atoms with Crippen molar-refractivity contribution in [2.75, 3.05) is 13.1 Å². The van der Waals surface area contributed by atoms with E-state index in [1.165, 1.54) is 0 Å². The van der Waals surface area contributed by atoms with Crippen molar-refractivity contribution in [3.8, 4) is 0 Å². The van der Waals surface area contributed by atoms with Crippen LogP contribution in [0.15, 0.2) is 17.5 Å². The van der Waals surface area contributed by atoms with E-state index in [2.05, 4.69) is 6.92 Å². The lowest BCUT2D eigenvalue weighted by Crippen LogP contribution is -2.44. The number of thiophene rings is 1. The van der Waals surface area contributed by atoms with Crippen molar-refractivity contribution < 1.29 is 4.79 Å². The first-order valence-corrected chi connectivity index (χ1v) is 6.92. The molecule has 0 aliphatic carbocycles. The van der Waals surface area contributed by atoms with Gasteiger partial charge in [0.05, 0.1) is 11.8 Å². The van der Waals surface area contributed by atoms with Crippen LogP contribution in [0.4, 0.5) is 0 Å². The zero-order chi connectivity index (χ0) is 11.5. The van der Waals surface area contributed by atoms with Crippen LogP contribution in [0.1, 0.15) is 18.2 Å². The Morgan fingerprint density at radius 3 is 3.12 bits per heavy atom. The molecule has 1 aliphatic rings. The lowest BCUT2D eigenvalue weighted by molar-refractivity contribution is -0.131. The molecular formula is C12H16ClNOS. The van der Waals surface area contributed by atoms with Gasteiger partial charge in [-0.2, -0.15) is 0 Å². The normalized spacial score (nSPS) is 25.8. The Hall–Kier alpha value is -0.540. The zero-order valence-electron chi connectivity index (χ0n) is 9.36. The number of halogens is 1. The Kier molecular flexibility index (Phi) is 3.87. The number of nitrogens with zero attached hydrogens (tertiary/aromatic N) is 1. The minimum Gasteiger partial charge on any atom is -0.341 e. The van der Waals surface area contributed by atoms with E-state index in [4.69, 9.17) is 11.6 Å². The highest BCUT2D eigenvalue weighted by atomic mass is 35.5. The number of piperidine rings is 1. The van der Waals surface area contributed by atoms with Crippen molar-refractivity contribution in [1.82, 2.24) is 4.90 Å². The SMILES string of the molecule is CC1CCN(C(=O)Cc2cccs2)CC1Cl. The molecule has 0 N–H and O–H groups in total. The van der Waals surface area contributed by atoms with Gasteiger partial charge in [-0.1, -0.05) is 13.0 Å². The molecule has 16 heavy (non-hydrogen) atoms. The lowest BCUT2D eigenvalue weighted by atomic mass is 9.98. The third kappa shape index (κ3) is 2.77. The van der Waals surface area contributed by atoms with Crippen molar-refractivity contribution in [3.05, 3.63) is 22.4 Å². The minimum atomic E-state index is 0.112. The first-order chi connectivity index (χ1) is 7.66. The summed E-state index contributed by atoms with van der Waals surface area (Å²) in [5.74, 6) is 0.729. The fraction of sp³-hybridized carbons (Fsp3) is 0.583. The van der Waals surface area contributed by atoms with Gasteiger partial charge in [0.25, 0.3) is 0 Å². The summed E-state index contributed by atoms with van der Waals surface area (Å²) in [6.07, 6.45) is 1.54. The van der Waals surface area contributed by atoms with Gasteiger partial charge in [0.15, 0.2) is 0 Å². The maximum atomic E-state index is 12.0. The van der Waals surface area contributed by atoms with E-state index in [0.717, 1.165) is 17.8 Å². The van der Waals surface area contributed by atoms with Gasteiger partial charge in [-0.3, -0.25) is 4.79 Å². The van der Waals surface area contributed by atoms with Crippen LogP contribution in [0.3, 0.4) is 0 Å². The summed E-state index contributed by atoms with van der Waals surface area (Å²) in [6.45, 7) is 3.71. The molecule has 4 heteroatoms. The van der Waals surface area contributed by atoms with Crippen LogP contribution in [0, 0.1) is 5.92 Å². The van der Waals surface area contributed by atoms with Crippen molar-refractivity contribution in [3.63, 3.8) is 0 Å². The molecule has 0 saturated carbocycles. The standard InChI is InChI=1S/C12H16ClNOS/c1-9-4-5-14(8-11(9)13)12(15)7-10-3-2-6-16-10/h2-3,6,9,11H,4-5,7-8H2,1H3. The number of hydrogen-bond acceptors (Lipinski definition) is 2. The molecule has 2 nitrogen and oxygen atoms in total. The molecule has 2 rings (SSSR count). The Labute approximate surface area is 105 Å². The van der Waals surface area contributed by atoms with E-state index in [1.54, 1.807) is 11.3 Å². The molecule has 0 spiro atoms. The predicted molar refractivity (Wildman–Crippen MR) is 68.0 cm³/mol.